The molecular formula is C16H20ClN3O. The Balaban J connectivity index is 1.89. The quantitative estimate of drug-likeness (QED) is 0.927. The Morgan fingerprint density at radius 1 is 1.33 bits per heavy atom. The van der Waals surface area contributed by atoms with Crippen LogP contribution in [-0.4, -0.2) is 28.0 Å². The number of halogens is 1. The van der Waals surface area contributed by atoms with Gasteiger partial charge in [-0.2, -0.15) is 0 Å². The number of nitrogens with one attached hydrogen (secondary N) is 1. The van der Waals surface area contributed by atoms with Crippen molar-refractivity contribution in [1.29, 1.82) is 0 Å². The average molecular weight is 306 g/mol. The predicted molar refractivity (Wildman–Crippen MR) is 85.6 cm³/mol. The first-order chi connectivity index (χ1) is 10.0. The number of fused-ring (bicyclic) bond motifs is 1. The summed E-state index contributed by atoms with van der Waals surface area (Å²) in [5.41, 5.74) is 0.573. The number of piperidine rings is 1. The van der Waals surface area contributed by atoms with Crippen LogP contribution >= 0.6 is 11.6 Å². The van der Waals surface area contributed by atoms with Crippen molar-refractivity contribution < 1.29 is 0 Å². The van der Waals surface area contributed by atoms with Crippen LogP contribution in [0, 0.1) is 11.8 Å². The van der Waals surface area contributed by atoms with Crippen molar-refractivity contribution in [2.24, 2.45) is 11.8 Å². The summed E-state index contributed by atoms with van der Waals surface area (Å²) in [7, 11) is 0. The van der Waals surface area contributed by atoms with E-state index in [-0.39, 0.29) is 5.56 Å². The predicted octanol–water partition coefficient (Wildman–Crippen LogP) is 3.05. The Hall–Kier alpha value is -1.39. The lowest BCUT2D eigenvalue weighted by Gasteiger charge is -2.34. The molecule has 1 fully saturated rings. The minimum atomic E-state index is -0.0928. The van der Waals surface area contributed by atoms with Crippen molar-refractivity contribution in [3.63, 3.8) is 0 Å². The summed E-state index contributed by atoms with van der Waals surface area (Å²) in [6.45, 7) is 7.35. The smallest absolute Gasteiger partial charge is 0.258 e. The molecule has 0 bridgehead atoms. The van der Waals surface area contributed by atoms with Crippen LogP contribution in [0.2, 0.25) is 5.02 Å². The molecule has 1 saturated heterocycles. The van der Waals surface area contributed by atoms with Gasteiger partial charge in [0.1, 0.15) is 5.82 Å². The van der Waals surface area contributed by atoms with E-state index in [1.54, 1.807) is 18.2 Å². The third-order valence-electron chi connectivity index (χ3n) is 4.04. The topological polar surface area (TPSA) is 49.0 Å². The highest BCUT2D eigenvalue weighted by Crippen LogP contribution is 2.22. The summed E-state index contributed by atoms with van der Waals surface area (Å²) < 4.78 is 0. The molecule has 5 heteroatoms. The molecule has 0 radical (unpaired) electrons. The second kappa shape index (κ2) is 5.78. The van der Waals surface area contributed by atoms with Gasteiger partial charge in [0.15, 0.2) is 0 Å². The van der Waals surface area contributed by atoms with Gasteiger partial charge in [0.2, 0.25) is 0 Å². The largest absolute Gasteiger partial charge is 0.309 e. The summed E-state index contributed by atoms with van der Waals surface area (Å²) >= 11 is 5.99. The van der Waals surface area contributed by atoms with Crippen molar-refractivity contribution in [3.05, 3.63) is 39.4 Å². The maximum atomic E-state index is 12.1. The van der Waals surface area contributed by atoms with E-state index in [0.29, 0.717) is 34.3 Å². The molecule has 0 saturated carbocycles. The van der Waals surface area contributed by atoms with Crippen LogP contribution in [0.1, 0.15) is 26.1 Å². The molecule has 1 aliphatic rings. The summed E-state index contributed by atoms with van der Waals surface area (Å²) in [6, 6.07) is 5.18. The van der Waals surface area contributed by atoms with Crippen LogP contribution in [0.15, 0.2) is 23.0 Å². The van der Waals surface area contributed by atoms with E-state index < -0.39 is 0 Å². The van der Waals surface area contributed by atoms with E-state index in [4.69, 9.17) is 11.6 Å². The lowest BCUT2D eigenvalue weighted by molar-refractivity contribution is 0.131. The number of aromatic amines is 1. The molecule has 0 spiro atoms. The Morgan fingerprint density at radius 2 is 2.05 bits per heavy atom. The second-order valence-electron chi connectivity index (χ2n) is 6.31. The molecule has 0 unspecified atom stereocenters. The number of hydrogen-bond acceptors (Lipinski definition) is 3. The first kappa shape index (κ1) is 14.5. The molecule has 112 valence electrons. The number of likely N-dealkylation sites (tertiary alicyclic amines) is 1. The van der Waals surface area contributed by atoms with E-state index >= 15 is 0 Å². The fraction of sp³-hybridized carbons (Fsp3) is 0.500. The van der Waals surface area contributed by atoms with Crippen molar-refractivity contribution in [2.45, 2.75) is 26.8 Å². The number of hydrogen-bond donors (Lipinski definition) is 1. The van der Waals surface area contributed by atoms with Gasteiger partial charge >= 0.3 is 0 Å². The molecule has 4 nitrogen and oxygen atoms in total. The third-order valence-corrected chi connectivity index (χ3v) is 4.27. The first-order valence-electron chi connectivity index (χ1n) is 7.42. The lowest BCUT2D eigenvalue weighted by atomic mass is 9.92. The van der Waals surface area contributed by atoms with Gasteiger partial charge in [-0.15, -0.1) is 0 Å². The molecule has 0 amide bonds. The van der Waals surface area contributed by atoms with E-state index in [0.717, 1.165) is 18.9 Å². The van der Waals surface area contributed by atoms with Crippen LogP contribution in [0.4, 0.5) is 0 Å². The van der Waals surface area contributed by atoms with E-state index in [1.165, 1.54) is 6.42 Å². The molecular weight excluding hydrogens is 286 g/mol. The van der Waals surface area contributed by atoms with Crippen LogP contribution in [-0.2, 0) is 6.54 Å². The highest BCUT2D eigenvalue weighted by Gasteiger charge is 2.22. The van der Waals surface area contributed by atoms with Crippen LogP contribution < -0.4 is 5.56 Å². The molecule has 1 aromatic heterocycles. The van der Waals surface area contributed by atoms with Crippen molar-refractivity contribution in [2.75, 3.05) is 13.1 Å². The Labute approximate surface area is 129 Å². The summed E-state index contributed by atoms with van der Waals surface area (Å²) in [5.74, 6) is 2.10. The van der Waals surface area contributed by atoms with Gasteiger partial charge in [-0.25, -0.2) is 4.98 Å². The van der Waals surface area contributed by atoms with Crippen LogP contribution in [0.25, 0.3) is 10.9 Å². The minimum absolute atomic E-state index is 0.0928. The van der Waals surface area contributed by atoms with Gasteiger partial charge in [0, 0.05) is 18.1 Å². The van der Waals surface area contributed by atoms with Crippen molar-refractivity contribution in [3.8, 4) is 0 Å². The van der Waals surface area contributed by atoms with Gasteiger partial charge in [0.25, 0.3) is 5.56 Å². The molecule has 2 atom stereocenters. The van der Waals surface area contributed by atoms with Crippen LogP contribution in [0.5, 0.6) is 0 Å². The van der Waals surface area contributed by atoms with E-state index in [1.807, 2.05) is 0 Å². The standard InChI is InChI=1S/C16H20ClN3O/c1-10-5-11(2)8-20(7-10)9-15-18-14-6-12(17)3-4-13(14)16(21)19-15/h3-4,6,10-11H,5,7-9H2,1-2H3,(H,18,19,21)/t10-,11-/m1/s1. The van der Waals surface area contributed by atoms with Crippen molar-refractivity contribution in [1.82, 2.24) is 14.9 Å². The molecule has 1 N–H and O–H groups in total. The van der Waals surface area contributed by atoms with Crippen LogP contribution in [0.3, 0.4) is 0 Å². The molecule has 0 aliphatic carbocycles. The SMILES string of the molecule is C[C@@H]1C[C@@H](C)CN(Cc2nc3cc(Cl)ccc3c(=O)[nH]2)C1. The van der Waals surface area contributed by atoms with Crippen molar-refractivity contribution >= 4 is 22.5 Å². The number of aromatic nitrogens is 2. The molecule has 2 aromatic rings. The molecule has 1 aromatic carbocycles. The minimum Gasteiger partial charge on any atom is -0.309 e. The highest BCUT2D eigenvalue weighted by atomic mass is 35.5. The maximum Gasteiger partial charge on any atom is 0.258 e. The zero-order valence-corrected chi connectivity index (χ0v) is 13.2. The number of nitrogens with zero attached hydrogens (tertiary/aromatic N) is 2. The molecule has 21 heavy (non-hydrogen) atoms. The number of rotatable bonds is 2. The molecule has 2 heterocycles. The zero-order chi connectivity index (χ0) is 15.0. The normalized spacial score (nSPS) is 23.6. The fourth-order valence-corrected chi connectivity index (χ4v) is 3.54. The fourth-order valence-electron chi connectivity index (χ4n) is 3.37. The molecule has 1 aliphatic heterocycles. The second-order valence-corrected chi connectivity index (χ2v) is 6.75. The highest BCUT2D eigenvalue weighted by molar-refractivity contribution is 6.31. The summed E-state index contributed by atoms with van der Waals surface area (Å²) in [6.07, 6.45) is 1.27. The lowest BCUT2D eigenvalue weighted by Crippen LogP contribution is -2.38. The van der Waals surface area contributed by atoms with E-state index in [2.05, 4.69) is 28.7 Å². The third kappa shape index (κ3) is 3.27. The number of benzene rings is 1. The molecule has 3 rings (SSSR count). The summed E-state index contributed by atoms with van der Waals surface area (Å²) in [4.78, 5) is 21.9. The number of H-pyrrole nitrogens is 1. The average Bonchev–Trinajstić information content (AvgIpc) is 2.36. The Morgan fingerprint density at radius 3 is 2.76 bits per heavy atom. The Kier molecular flexibility index (Phi) is 4.00. The van der Waals surface area contributed by atoms with Gasteiger partial charge in [-0.05, 0) is 36.5 Å². The van der Waals surface area contributed by atoms with Gasteiger partial charge in [0.05, 0.1) is 17.4 Å². The Bertz CT molecular complexity index is 702. The summed E-state index contributed by atoms with van der Waals surface area (Å²) in [5, 5.41) is 1.19. The van der Waals surface area contributed by atoms with Gasteiger partial charge in [-0.3, -0.25) is 9.69 Å². The first-order valence-corrected chi connectivity index (χ1v) is 7.80. The maximum absolute atomic E-state index is 12.1. The monoisotopic (exact) mass is 305 g/mol. The van der Waals surface area contributed by atoms with Gasteiger partial charge in [-0.1, -0.05) is 25.4 Å². The van der Waals surface area contributed by atoms with E-state index in [9.17, 15) is 4.79 Å². The van der Waals surface area contributed by atoms with Gasteiger partial charge < -0.3 is 4.98 Å². The zero-order valence-electron chi connectivity index (χ0n) is 12.4.